The number of aryl methyl sites for hydroxylation is 2. The number of hydrogen-bond donors (Lipinski definition) is 1. The van der Waals surface area contributed by atoms with Crippen LogP contribution < -0.4 is 21.5 Å². The molecule has 0 bridgehead atoms. The number of nitrogens with one attached hydrogen (secondary N) is 1. The molecular formula is C19H16BrN3. The summed E-state index contributed by atoms with van der Waals surface area (Å²) in [6.45, 7) is 4.70. The van der Waals surface area contributed by atoms with E-state index < -0.39 is 0 Å². The zero-order valence-electron chi connectivity index (χ0n) is 13.0. The molecule has 0 spiro atoms. The molecule has 1 N–H and O–H groups in total. The van der Waals surface area contributed by atoms with E-state index in [2.05, 4.69) is 61.4 Å². The van der Waals surface area contributed by atoms with Gasteiger partial charge >= 0.3 is 0 Å². The fourth-order valence-corrected chi connectivity index (χ4v) is 3.43. The summed E-state index contributed by atoms with van der Waals surface area (Å²) < 4.78 is 1.94. The molecule has 0 aliphatic heterocycles. The first-order chi connectivity index (χ1) is 10.7. The Labute approximate surface area is 144 Å². The molecule has 3 nitrogen and oxygen atoms in total. The number of pyridine rings is 1. The van der Waals surface area contributed by atoms with Gasteiger partial charge in [-0.3, -0.25) is 0 Å². The molecule has 0 saturated carbocycles. The third-order valence-corrected chi connectivity index (χ3v) is 4.54. The van der Waals surface area contributed by atoms with Crippen LogP contribution in [0.4, 0.5) is 0 Å². The van der Waals surface area contributed by atoms with E-state index >= 15 is 0 Å². The minimum Gasteiger partial charge on any atom is -1.00 e. The van der Waals surface area contributed by atoms with Crippen LogP contribution in [0.3, 0.4) is 0 Å². The fraction of sp³-hybridized carbons (Fsp3) is 0.158. The lowest BCUT2D eigenvalue weighted by molar-refractivity contribution is -0.683. The molecule has 4 aromatic rings. The van der Waals surface area contributed by atoms with Crippen molar-refractivity contribution in [2.75, 3.05) is 0 Å². The Morgan fingerprint density at radius 3 is 2.61 bits per heavy atom. The average molecular weight is 366 g/mol. The molecule has 2 aromatic heterocycles. The predicted molar refractivity (Wildman–Crippen MR) is 88.6 cm³/mol. The Kier molecular flexibility index (Phi) is 3.83. The van der Waals surface area contributed by atoms with Gasteiger partial charge in [-0.25, -0.2) is 0 Å². The first-order valence-corrected chi connectivity index (χ1v) is 7.40. The Morgan fingerprint density at radius 2 is 1.83 bits per heavy atom. The number of para-hydroxylation sites is 1. The Morgan fingerprint density at radius 1 is 1.04 bits per heavy atom. The van der Waals surface area contributed by atoms with Crippen molar-refractivity contribution in [2.45, 2.75) is 20.4 Å². The van der Waals surface area contributed by atoms with Crippen molar-refractivity contribution in [2.24, 2.45) is 0 Å². The molecule has 0 fully saturated rings. The van der Waals surface area contributed by atoms with Gasteiger partial charge in [0.2, 0.25) is 6.54 Å². The van der Waals surface area contributed by atoms with Gasteiger partial charge in [0, 0.05) is 27.7 Å². The third kappa shape index (κ3) is 2.20. The lowest BCUT2D eigenvalue weighted by Gasteiger charge is -2.07. The van der Waals surface area contributed by atoms with Crippen LogP contribution in [-0.2, 0) is 6.54 Å². The minimum absolute atomic E-state index is 0. The number of nitrogens with zero attached hydrogens (tertiary/aromatic N) is 2. The van der Waals surface area contributed by atoms with E-state index in [1.807, 2.05) is 10.8 Å². The Bertz CT molecular complexity index is 1090. The molecule has 0 saturated heterocycles. The summed E-state index contributed by atoms with van der Waals surface area (Å²) in [5.41, 5.74) is 4.91. The summed E-state index contributed by atoms with van der Waals surface area (Å²) in [4.78, 5) is 3.56. The summed E-state index contributed by atoms with van der Waals surface area (Å²) in [6, 6.07) is 12.7. The summed E-state index contributed by atoms with van der Waals surface area (Å²) in [7, 11) is 0. The monoisotopic (exact) mass is 365 g/mol. The van der Waals surface area contributed by atoms with Gasteiger partial charge in [0.1, 0.15) is 6.07 Å². The second kappa shape index (κ2) is 5.68. The lowest BCUT2D eigenvalue weighted by Crippen LogP contribution is -3.00. The highest BCUT2D eigenvalue weighted by Crippen LogP contribution is 2.35. The van der Waals surface area contributed by atoms with Crippen LogP contribution in [0.1, 0.15) is 11.1 Å². The second-order valence-electron chi connectivity index (χ2n) is 5.77. The molecule has 0 aliphatic carbocycles. The van der Waals surface area contributed by atoms with Crippen LogP contribution in [0, 0.1) is 25.2 Å². The van der Waals surface area contributed by atoms with Gasteiger partial charge in [-0.1, -0.05) is 18.2 Å². The van der Waals surface area contributed by atoms with Crippen molar-refractivity contribution in [3.05, 3.63) is 53.9 Å². The standard InChI is InChI=1S/C19H15N3.BrH/c1-12-16-11-22(10-8-20)9-7-14(16)13(2)19-18(12)15-5-3-4-6-17(15)21-19;/h3-7,9,11H,10H2,1-2H3;1H. The van der Waals surface area contributed by atoms with E-state index in [9.17, 15) is 0 Å². The van der Waals surface area contributed by atoms with Crippen LogP contribution in [0.2, 0.25) is 0 Å². The molecule has 4 heteroatoms. The van der Waals surface area contributed by atoms with Crippen LogP contribution in [0.15, 0.2) is 42.7 Å². The number of aromatic amines is 1. The smallest absolute Gasteiger partial charge is 0.233 e. The van der Waals surface area contributed by atoms with Crippen molar-refractivity contribution in [3.63, 3.8) is 0 Å². The number of H-pyrrole nitrogens is 1. The van der Waals surface area contributed by atoms with E-state index in [0.717, 1.165) is 0 Å². The first kappa shape index (κ1) is 15.5. The van der Waals surface area contributed by atoms with Gasteiger partial charge in [-0.05, 0) is 36.4 Å². The molecular weight excluding hydrogens is 350 g/mol. The van der Waals surface area contributed by atoms with Gasteiger partial charge in [0.05, 0.1) is 5.52 Å². The number of aromatic nitrogens is 2. The van der Waals surface area contributed by atoms with Gasteiger partial charge in [0.25, 0.3) is 0 Å². The van der Waals surface area contributed by atoms with Crippen molar-refractivity contribution in [3.8, 4) is 6.07 Å². The molecule has 23 heavy (non-hydrogen) atoms. The quantitative estimate of drug-likeness (QED) is 0.500. The Balaban J connectivity index is 0.00000156. The highest BCUT2D eigenvalue weighted by molar-refractivity contribution is 6.16. The zero-order chi connectivity index (χ0) is 15.3. The molecule has 114 valence electrons. The van der Waals surface area contributed by atoms with Crippen molar-refractivity contribution < 1.29 is 21.5 Å². The second-order valence-corrected chi connectivity index (χ2v) is 5.77. The van der Waals surface area contributed by atoms with E-state index in [-0.39, 0.29) is 17.0 Å². The summed E-state index contributed by atoms with van der Waals surface area (Å²) in [6.07, 6.45) is 4.06. The minimum atomic E-state index is 0. The lowest BCUT2D eigenvalue weighted by atomic mass is 9.97. The predicted octanol–water partition coefficient (Wildman–Crippen LogP) is 0.906. The van der Waals surface area contributed by atoms with E-state index in [0.29, 0.717) is 6.54 Å². The number of nitriles is 1. The zero-order valence-corrected chi connectivity index (χ0v) is 14.6. The molecule has 4 rings (SSSR count). The van der Waals surface area contributed by atoms with E-state index in [4.69, 9.17) is 5.26 Å². The molecule has 0 radical (unpaired) electrons. The van der Waals surface area contributed by atoms with Gasteiger partial charge in [-0.15, -0.1) is 0 Å². The molecule has 0 unspecified atom stereocenters. The maximum atomic E-state index is 8.92. The van der Waals surface area contributed by atoms with Crippen LogP contribution in [0.5, 0.6) is 0 Å². The summed E-state index contributed by atoms with van der Waals surface area (Å²) in [5, 5.41) is 13.9. The summed E-state index contributed by atoms with van der Waals surface area (Å²) >= 11 is 0. The highest BCUT2D eigenvalue weighted by Gasteiger charge is 2.15. The molecule has 2 aromatic carbocycles. The largest absolute Gasteiger partial charge is 1.00 e. The molecule has 0 aliphatic rings. The van der Waals surface area contributed by atoms with Crippen molar-refractivity contribution >= 4 is 32.6 Å². The number of fused-ring (bicyclic) bond motifs is 4. The average Bonchev–Trinajstić information content (AvgIpc) is 2.93. The van der Waals surface area contributed by atoms with Crippen LogP contribution >= 0.6 is 0 Å². The highest BCUT2D eigenvalue weighted by atomic mass is 79.9. The van der Waals surface area contributed by atoms with Gasteiger partial charge in [-0.2, -0.15) is 9.83 Å². The van der Waals surface area contributed by atoms with Gasteiger partial charge < -0.3 is 22.0 Å². The Hall–Kier alpha value is -2.38. The number of benzene rings is 2. The maximum absolute atomic E-state index is 8.92. The SMILES string of the molecule is Cc1c2cc[n+](CC#N)cc2c(C)c2c1[nH]c1ccccc12.[Br-]. The summed E-state index contributed by atoms with van der Waals surface area (Å²) in [5.74, 6) is 0. The normalized spacial score (nSPS) is 10.8. The van der Waals surface area contributed by atoms with Crippen molar-refractivity contribution in [1.82, 2.24) is 4.98 Å². The van der Waals surface area contributed by atoms with E-state index in [1.165, 1.54) is 43.7 Å². The molecule has 0 atom stereocenters. The van der Waals surface area contributed by atoms with E-state index in [1.54, 1.807) is 0 Å². The third-order valence-electron chi connectivity index (χ3n) is 4.54. The number of rotatable bonds is 1. The molecule has 0 amide bonds. The van der Waals surface area contributed by atoms with Crippen molar-refractivity contribution in [1.29, 1.82) is 5.26 Å². The first-order valence-electron chi connectivity index (χ1n) is 7.40. The number of halogens is 1. The topological polar surface area (TPSA) is 43.5 Å². The van der Waals surface area contributed by atoms with Crippen LogP contribution in [0.25, 0.3) is 32.6 Å². The van der Waals surface area contributed by atoms with Gasteiger partial charge in [0.15, 0.2) is 12.4 Å². The maximum Gasteiger partial charge on any atom is 0.233 e. The fourth-order valence-electron chi connectivity index (χ4n) is 3.43. The number of hydrogen-bond acceptors (Lipinski definition) is 1. The van der Waals surface area contributed by atoms with Crippen LogP contribution in [-0.4, -0.2) is 4.98 Å². The molecule has 2 heterocycles.